The predicted molar refractivity (Wildman–Crippen MR) is 79.5 cm³/mol. The van der Waals surface area contributed by atoms with Crippen LogP contribution in [-0.2, 0) is 4.52 Å². The molecule has 6 heteroatoms. The number of aliphatic hydroxyl groups is 2. The molecule has 0 amide bonds. The standard InChI is InChI=1S/C14H18NO4P/c1-10-14(17)13(8-16)11(7-15-10)9-18-20-19-12-5-3-2-4-6-12/h2-6,11,16-17,20H,7-9H2,1H3. The van der Waals surface area contributed by atoms with Crippen LogP contribution in [0.5, 0.6) is 5.75 Å². The van der Waals surface area contributed by atoms with Gasteiger partial charge in [0.25, 0.3) is 0 Å². The molecule has 1 aliphatic heterocycles. The summed E-state index contributed by atoms with van der Waals surface area (Å²) in [5.41, 5.74) is 1.15. The molecule has 2 atom stereocenters. The summed E-state index contributed by atoms with van der Waals surface area (Å²) in [4.78, 5) is 4.21. The molecule has 0 bridgehead atoms. The van der Waals surface area contributed by atoms with Gasteiger partial charge in [0.05, 0.1) is 18.9 Å². The molecule has 1 aromatic carbocycles. The number of allylic oxidation sites excluding steroid dienone is 1. The molecule has 0 spiro atoms. The lowest BCUT2D eigenvalue weighted by Gasteiger charge is -2.22. The van der Waals surface area contributed by atoms with Crippen LogP contribution in [0.3, 0.4) is 0 Å². The molecule has 1 heterocycles. The summed E-state index contributed by atoms with van der Waals surface area (Å²) in [6.07, 6.45) is 0. The number of para-hydroxylation sites is 1. The zero-order valence-corrected chi connectivity index (χ0v) is 12.2. The van der Waals surface area contributed by atoms with E-state index in [1.54, 1.807) is 6.92 Å². The fourth-order valence-corrected chi connectivity index (χ4v) is 2.48. The summed E-state index contributed by atoms with van der Waals surface area (Å²) in [5, 5.41) is 19.2. The molecule has 0 fully saturated rings. The van der Waals surface area contributed by atoms with Crippen molar-refractivity contribution in [2.75, 3.05) is 19.8 Å². The van der Waals surface area contributed by atoms with Gasteiger partial charge in [-0.25, -0.2) is 0 Å². The number of nitrogens with zero attached hydrogens (tertiary/aromatic N) is 1. The summed E-state index contributed by atoms with van der Waals surface area (Å²) in [6, 6.07) is 9.41. The average molecular weight is 295 g/mol. The largest absolute Gasteiger partial charge is 0.506 e. The zero-order valence-electron chi connectivity index (χ0n) is 11.2. The Kier molecular flexibility index (Phi) is 5.53. The third-order valence-electron chi connectivity index (χ3n) is 3.11. The van der Waals surface area contributed by atoms with E-state index in [-0.39, 0.29) is 27.3 Å². The molecule has 5 nitrogen and oxygen atoms in total. The van der Waals surface area contributed by atoms with Crippen molar-refractivity contribution in [1.82, 2.24) is 0 Å². The van der Waals surface area contributed by atoms with Crippen molar-refractivity contribution >= 4 is 14.7 Å². The minimum atomic E-state index is -0.185. The van der Waals surface area contributed by atoms with Gasteiger partial charge in [0.1, 0.15) is 11.5 Å². The second-order valence-corrected chi connectivity index (χ2v) is 5.12. The maximum Gasteiger partial charge on any atom is 0.215 e. The van der Waals surface area contributed by atoms with Gasteiger partial charge in [-0.15, -0.1) is 0 Å². The summed E-state index contributed by atoms with van der Waals surface area (Å²) < 4.78 is 10.9. The monoisotopic (exact) mass is 295 g/mol. The van der Waals surface area contributed by atoms with Gasteiger partial charge < -0.3 is 19.3 Å². The van der Waals surface area contributed by atoms with E-state index >= 15 is 0 Å². The Labute approximate surface area is 119 Å². The van der Waals surface area contributed by atoms with Crippen molar-refractivity contribution in [3.63, 3.8) is 0 Å². The number of rotatable bonds is 6. The molecule has 108 valence electrons. The highest BCUT2D eigenvalue weighted by Gasteiger charge is 2.23. The molecule has 0 radical (unpaired) electrons. The van der Waals surface area contributed by atoms with Gasteiger partial charge >= 0.3 is 0 Å². The van der Waals surface area contributed by atoms with Crippen LogP contribution < -0.4 is 4.52 Å². The van der Waals surface area contributed by atoms with Crippen LogP contribution in [0.1, 0.15) is 6.92 Å². The minimum Gasteiger partial charge on any atom is -0.506 e. The van der Waals surface area contributed by atoms with Crippen LogP contribution in [0.2, 0.25) is 0 Å². The van der Waals surface area contributed by atoms with E-state index in [1.807, 2.05) is 30.3 Å². The molecular weight excluding hydrogens is 277 g/mol. The topological polar surface area (TPSA) is 71.3 Å². The van der Waals surface area contributed by atoms with Crippen LogP contribution in [0.25, 0.3) is 0 Å². The molecule has 0 saturated heterocycles. The van der Waals surface area contributed by atoms with E-state index in [1.165, 1.54) is 0 Å². The number of aliphatic imine (C=N–C) groups is 1. The normalized spacial score (nSPS) is 19.5. The Bertz CT molecular complexity index is 501. The van der Waals surface area contributed by atoms with Gasteiger partial charge in [-0.05, 0) is 19.1 Å². The number of aliphatic hydroxyl groups excluding tert-OH is 2. The lowest BCUT2D eigenvalue weighted by Crippen LogP contribution is -2.24. The molecular formula is C14H18NO4P. The van der Waals surface area contributed by atoms with E-state index in [9.17, 15) is 10.2 Å². The predicted octanol–water partition coefficient (Wildman–Crippen LogP) is 2.49. The van der Waals surface area contributed by atoms with Crippen molar-refractivity contribution in [1.29, 1.82) is 0 Å². The lowest BCUT2D eigenvalue weighted by atomic mass is 9.95. The highest BCUT2D eigenvalue weighted by atomic mass is 31.1. The van der Waals surface area contributed by atoms with E-state index in [0.717, 1.165) is 5.75 Å². The second-order valence-electron chi connectivity index (χ2n) is 4.46. The molecule has 20 heavy (non-hydrogen) atoms. The van der Waals surface area contributed by atoms with Crippen LogP contribution in [0.15, 0.2) is 46.7 Å². The fraction of sp³-hybridized carbons (Fsp3) is 0.357. The second kappa shape index (κ2) is 7.39. The number of benzene rings is 1. The zero-order chi connectivity index (χ0) is 14.4. The lowest BCUT2D eigenvalue weighted by molar-refractivity contribution is 0.244. The van der Waals surface area contributed by atoms with Crippen molar-refractivity contribution in [2.45, 2.75) is 6.92 Å². The summed E-state index contributed by atoms with van der Waals surface area (Å²) in [7, 11) is -0.123. The first-order valence-corrected chi connectivity index (χ1v) is 7.17. The molecule has 2 rings (SSSR count). The molecule has 0 aromatic heterocycles. The smallest absolute Gasteiger partial charge is 0.215 e. The van der Waals surface area contributed by atoms with Crippen molar-refractivity contribution in [3.05, 3.63) is 41.7 Å². The van der Waals surface area contributed by atoms with E-state index < -0.39 is 0 Å². The SMILES string of the molecule is CC1=NCC(COPOc2ccccc2)C(CO)=C1O. The van der Waals surface area contributed by atoms with Gasteiger partial charge in [-0.3, -0.25) is 4.99 Å². The first-order valence-electron chi connectivity index (χ1n) is 6.35. The number of hydrogen-bond donors (Lipinski definition) is 2. The van der Waals surface area contributed by atoms with Crippen LogP contribution >= 0.6 is 9.03 Å². The van der Waals surface area contributed by atoms with Crippen LogP contribution in [0.4, 0.5) is 0 Å². The van der Waals surface area contributed by atoms with Gasteiger partial charge in [0.2, 0.25) is 9.03 Å². The van der Waals surface area contributed by atoms with Gasteiger partial charge in [-0.2, -0.15) is 0 Å². The van der Waals surface area contributed by atoms with Crippen molar-refractivity contribution in [3.8, 4) is 5.75 Å². The Morgan fingerprint density at radius 3 is 2.80 bits per heavy atom. The fourth-order valence-electron chi connectivity index (χ4n) is 1.92. The van der Waals surface area contributed by atoms with Crippen LogP contribution in [0, 0.1) is 5.92 Å². The Morgan fingerprint density at radius 2 is 2.10 bits per heavy atom. The van der Waals surface area contributed by atoms with Gasteiger partial charge in [-0.1, -0.05) is 18.2 Å². The van der Waals surface area contributed by atoms with Gasteiger partial charge in [0.15, 0.2) is 0 Å². The minimum absolute atomic E-state index is 0.0830. The number of dihydropyridines is 1. The van der Waals surface area contributed by atoms with E-state index in [2.05, 4.69) is 4.99 Å². The summed E-state index contributed by atoms with van der Waals surface area (Å²) in [5.74, 6) is 0.736. The molecule has 1 aliphatic rings. The number of hydrogen-bond acceptors (Lipinski definition) is 5. The van der Waals surface area contributed by atoms with E-state index in [4.69, 9.17) is 9.05 Å². The highest BCUT2D eigenvalue weighted by molar-refractivity contribution is 7.26. The van der Waals surface area contributed by atoms with Crippen molar-refractivity contribution in [2.24, 2.45) is 10.9 Å². The van der Waals surface area contributed by atoms with E-state index in [0.29, 0.717) is 24.4 Å². The molecule has 1 aromatic rings. The van der Waals surface area contributed by atoms with Crippen LogP contribution in [-0.4, -0.2) is 35.7 Å². The molecule has 2 unspecified atom stereocenters. The van der Waals surface area contributed by atoms with Crippen molar-refractivity contribution < 1.29 is 19.3 Å². The first kappa shape index (κ1) is 15.0. The summed E-state index contributed by atoms with van der Waals surface area (Å²) >= 11 is 0. The third kappa shape index (κ3) is 3.79. The summed E-state index contributed by atoms with van der Waals surface area (Å²) in [6.45, 7) is 2.42. The van der Waals surface area contributed by atoms with Gasteiger partial charge in [0, 0.05) is 18.0 Å². The highest BCUT2D eigenvalue weighted by Crippen LogP contribution is 2.26. The Morgan fingerprint density at radius 1 is 1.35 bits per heavy atom. The quantitative estimate of drug-likeness (QED) is 0.625. The average Bonchev–Trinajstić information content (AvgIpc) is 2.48. The molecule has 2 N–H and O–H groups in total. The Balaban J connectivity index is 1.80. The third-order valence-corrected chi connectivity index (χ3v) is 3.71. The molecule has 0 aliphatic carbocycles. The maximum absolute atomic E-state index is 9.85. The Hall–Kier alpha value is -1.42. The maximum atomic E-state index is 9.85. The first-order chi connectivity index (χ1) is 9.72. The molecule has 0 saturated carbocycles.